The molecular weight excluding hydrogens is 410 g/mol. The summed E-state index contributed by atoms with van der Waals surface area (Å²) in [6.07, 6.45) is 0. The van der Waals surface area contributed by atoms with Gasteiger partial charge in [-0.2, -0.15) is 10.4 Å². The van der Waals surface area contributed by atoms with Gasteiger partial charge in [0.05, 0.1) is 23.3 Å². The van der Waals surface area contributed by atoms with E-state index in [1.807, 2.05) is 6.07 Å². The topological polar surface area (TPSA) is 103 Å². The quantitative estimate of drug-likeness (QED) is 0.665. The third-order valence-corrected chi connectivity index (χ3v) is 5.04. The second-order valence-electron chi connectivity index (χ2n) is 6.78. The lowest BCUT2D eigenvalue weighted by molar-refractivity contribution is 0.0407. The first-order valence-corrected chi connectivity index (χ1v) is 9.09. The van der Waals surface area contributed by atoms with E-state index in [-0.39, 0.29) is 11.6 Å². The average Bonchev–Trinajstić information content (AvgIpc) is 2.97. The molecule has 0 spiro atoms. The molecule has 1 amide bonds. The molecule has 0 aliphatic heterocycles. The number of halogens is 1. The molecule has 2 heterocycles. The zero-order chi connectivity index (χ0) is 19.8. The summed E-state index contributed by atoms with van der Waals surface area (Å²) in [4.78, 5) is 17.0. The number of carbonyl (C=O) groups is 1. The number of nitrogens with zero attached hydrogens (tertiary/aromatic N) is 4. The molecular formula is C19H18BrN5O2. The van der Waals surface area contributed by atoms with Crippen LogP contribution in [-0.2, 0) is 0 Å². The van der Waals surface area contributed by atoms with Crippen LogP contribution in [0.1, 0.15) is 36.8 Å². The highest BCUT2D eigenvalue weighted by Gasteiger charge is 2.25. The number of aliphatic hydroxyl groups is 1. The van der Waals surface area contributed by atoms with Crippen LogP contribution in [-0.4, -0.2) is 37.3 Å². The van der Waals surface area contributed by atoms with E-state index in [0.717, 1.165) is 5.56 Å². The molecule has 3 rings (SSSR count). The zero-order valence-corrected chi connectivity index (χ0v) is 16.6. The number of benzene rings is 1. The Morgan fingerprint density at radius 3 is 2.78 bits per heavy atom. The van der Waals surface area contributed by atoms with Gasteiger partial charge in [-0.15, -0.1) is 0 Å². The molecule has 2 aromatic heterocycles. The van der Waals surface area contributed by atoms with E-state index in [1.165, 1.54) is 4.52 Å². The van der Waals surface area contributed by atoms with E-state index in [2.05, 4.69) is 37.4 Å². The van der Waals surface area contributed by atoms with Crippen molar-refractivity contribution in [1.82, 2.24) is 19.9 Å². The van der Waals surface area contributed by atoms with Gasteiger partial charge in [0.1, 0.15) is 16.0 Å². The Labute approximate surface area is 164 Å². The maximum Gasteiger partial charge on any atom is 0.272 e. The van der Waals surface area contributed by atoms with E-state index in [0.29, 0.717) is 21.5 Å². The monoisotopic (exact) mass is 427 g/mol. The van der Waals surface area contributed by atoms with E-state index < -0.39 is 11.6 Å². The second kappa shape index (κ2) is 7.10. The summed E-state index contributed by atoms with van der Waals surface area (Å²) in [7, 11) is 0. The number of hydrogen-bond donors (Lipinski definition) is 2. The van der Waals surface area contributed by atoms with Crippen molar-refractivity contribution in [1.29, 1.82) is 5.26 Å². The predicted molar refractivity (Wildman–Crippen MR) is 104 cm³/mol. The fourth-order valence-electron chi connectivity index (χ4n) is 2.39. The van der Waals surface area contributed by atoms with Crippen molar-refractivity contribution in [3.05, 3.63) is 52.3 Å². The summed E-state index contributed by atoms with van der Waals surface area (Å²) >= 11 is 3.48. The Morgan fingerprint density at radius 1 is 1.37 bits per heavy atom. The largest absolute Gasteiger partial charge is 0.388 e. The highest BCUT2D eigenvalue weighted by molar-refractivity contribution is 9.10. The molecule has 0 aliphatic carbocycles. The van der Waals surface area contributed by atoms with Gasteiger partial charge in [0.2, 0.25) is 0 Å². The van der Waals surface area contributed by atoms with Gasteiger partial charge < -0.3 is 10.4 Å². The molecule has 0 aliphatic rings. The van der Waals surface area contributed by atoms with Crippen molar-refractivity contribution >= 4 is 27.5 Å². The number of aromatic nitrogens is 3. The van der Waals surface area contributed by atoms with Crippen molar-refractivity contribution in [3.63, 3.8) is 0 Å². The third kappa shape index (κ3) is 3.84. The number of amides is 1. The molecule has 1 aromatic carbocycles. The van der Waals surface area contributed by atoms with Gasteiger partial charge in [-0.1, -0.05) is 12.1 Å². The molecule has 0 bridgehead atoms. The fraction of sp³-hybridized carbons (Fsp3) is 0.263. The number of hydrogen-bond acceptors (Lipinski definition) is 5. The van der Waals surface area contributed by atoms with Crippen LogP contribution in [0.15, 0.2) is 41.0 Å². The average molecular weight is 428 g/mol. The number of carbonyl (C=O) groups excluding carboxylic acids is 1. The molecule has 0 saturated heterocycles. The Kier molecular flexibility index (Phi) is 5.00. The van der Waals surface area contributed by atoms with Gasteiger partial charge >= 0.3 is 0 Å². The first-order chi connectivity index (χ1) is 12.7. The molecule has 0 radical (unpaired) electrons. The van der Waals surface area contributed by atoms with Crippen LogP contribution in [0.4, 0.5) is 0 Å². The molecule has 27 heavy (non-hydrogen) atoms. The molecule has 2 N–H and O–H groups in total. The highest BCUT2D eigenvalue weighted by Crippen LogP contribution is 2.28. The van der Waals surface area contributed by atoms with Crippen LogP contribution in [0.2, 0.25) is 0 Å². The second-order valence-corrected chi connectivity index (χ2v) is 7.53. The molecule has 138 valence electrons. The summed E-state index contributed by atoms with van der Waals surface area (Å²) in [6.45, 7) is 4.98. The van der Waals surface area contributed by atoms with E-state index in [1.54, 1.807) is 51.1 Å². The van der Waals surface area contributed by atoms with Gasteiger partial charge in [0, 0.05) is 5.56 Å². The van der Waals surface area contributed by atoms with Crippen LogP contribution in [0.3, 0.4) is 0 Å². The number of fused-ring (bicyclic) bond motifs is 1. The molecule has 0 saturated carbocycles. The normalized spacial score (nSPS) is 12.6. The highest BCUT2D eigenvalue weighted by atomic mass is 79.9. The van der Waals surface area contributed by atoms with E-state index in [4.69, 9.17) is 5.26 Å². The molecule has 7 nitrogen and oxygen atoms in total. The molecule has 1 atom stereocenters. The van der Waals surface area contributed by atoms with E-state index >= 15 is 0 Å². The summed E-state index contributed by atoms with van der Waals surface area (Å²) in [5.74, 6) is -0.389. The number of nitriles is 1. The predicted octanol–water partition coefficient (Wildman–Crippen LogP) is 2.92. The molecule has 0 unspecified atom stereocenters. The standard InChI is InChI=1S/C19H18BrN5O2/c1-11(19(2,3)27)22-18(26)14-7-8-15-23-16(17(20)25(15)24-14)13-6-4-5-12(9-13)10-21/h4-9,11,27H,1-3H3,(H,22,26)/t11-/m1/s1. The summed E-state index contributed by atoms with van der Waals surface area (Å²) in [5, 5.41) is 26.2. The smallest absolute Gasteiger partial charge is 0.272 e. The van der Waals surface area contributed by atoms with Crippen molar-refractivity contribution in [2.45, 2.75) is 32.4 Å². The maximum atomic E-state index is 12.4. The minimum atomic E-state index is -1.05. The summed E-state index contributed by atoms with van der Waals surface area (Å²) in [5.41, 5.74) is 1.65. The third-order valence-electron chi connectivity index (χ3n) is 4.33. The van der Waals surface area contributed by atoms with Crippen molar-refractivity contribution < 1.29 is 9.90 Å². The maximum absolute atomic E-state index is 12.4. The molecule has 8 heteroatoms. The Bertz CT molecular complexity index is 1060. The Balaban J connectivity index is 1.98. The van der Waals surface area contributed by atoms with Gasteiger partial charge in [-0.05, 0) is 61.0 Å². The first kappa shape index (κ1) is 19.0. The lowest BCUT2D eigenvalue weighted by atomic mass is 10.0. The van der Waals surface area contributed by atoms with Crippen molar-refractivity contribution in [3.8, 4) is 17.3 Å². The molecule has 3 aromatic rings. The SMILES string of the molecule is C[C@@H](NC(=O)c1ccc2nc(-c3cccc(C#N)c3)c(Br)n2n1)C(C)(C)O. The molecule has 0 fully saturated rings. The minimum absolute atomic E-state index is 0.203. The van der Waals surface area contributed by atoms with Gasteiger partial charge in [-0.3, -0.25) is 4.79 Å². The van der Waals surface area contributed by atoms with Crippen LogP contribution >= 0.6 is 15.9 Å². The van der Waals surface area contributed by atoms with Gasteiger partial charge in [0.15, 0.2) is 5.65 Å². The first-order valence-electron chi connectivity index (χ1n) is 8.30. The lowest BCUT2D eigenvalue weighted by Gasteiger charge is -2.26. The lowest BCUT2D eigenvalue weighted by Crippen LogP contribution is -2.47. The van der Waals surface area contributed by atoms with Crippen LogP contribution in [0.25, 0.3) is 16.9 Å². The van der Waals surface area contributed by atoms with Crippen molar-refractivity contribution in [2.75, 3.05) is 0 Å². The number of nitrogens with one attached hydrogen (secondary N) is 1. The number of rotatable bonds is 4. The zero-order valence-electron chi connectivity index (χ0n) is 15.1. The van der Waals surface area contributed by atoms with Crippen LogP contribution < -0.4 is 5.32 Å². The number of imidazole rings is 1. The van der Waals surface area contributed by atoms with Crippen LogP contribution in [0.5, 0.6) is 0 Å². The Hall–Kier alpha value is -2.76. The van der Waals surface area contributed by atoms with E-state index in [9.17, 15) is 9.90 Å². The van der Waals surface area contributed by atoms with Gasteiger partial charge in [-0.25, -0.2) is 9.50 Å². The Morgan fingerprint density at radius 2 is 2.11 bits per heavy atom. The summed E-state index contributed by atoms with van der Waals surface area (Å²) in [6, 6.07) is 12.0. The van der Waals surface area contributed by atoms with Crippen molar-refractivity contribution in [2.24, 2.45) is 0 Å². The van der Waals surface area contributed by atoms with Crippen LogP contribution in [0, 0.1) is 11.3 Å². The minimum Gasteiger partial charge on any atom is -0.388 e. The summed E-state index contributed by atoms with van der Waals surface area (Å²) < 4.78 is 2.11. The van der Waals surface area contributed by atoms with Gasteiger partial charge in [0.25, 0.3) is 5.91 Å². The fourth-order valence-corrected chi connectivity index (χ4v) is 2.97.